The number of rotatable bonds is 6. The van der Waals surface area contributed by atoms with E-state index in [1.807, 2.05) is 6.92 Å². The molecule has 2 bridgehead atoms. The summed E-state index contributed by atoms with van der Waals surface area (Å²) in [4.78, 5) is 15.1. The van der Waals surface area contributed by atoms with Crippen molar-refractivity contribution in [1.82, 2.24) is 9.21 Å². The second-order valence-corrected chi connectivity index (χ2v) is 15.5. The number of sulfone groups is 1. The quantitative estimate of drug-likeness (QED) is 0.603. The SMILES string of the molecule is CCCN(C(=O)c1cccc(S(=O)(=O)N2CC3(C)CC2CC(C)(C)C3)c1)C1CCS(=O)(=O)C1. The molecule has 3 unspecified atom stereocenters. The van der Waals surface area contributed by atoms with Crippen molar-refractivity contribution in [2.24, 2.45) is 10.8 Å². The lowest BCUT2D eigenvalue weighted by atomic mass is 9.65. The zero-order valence-corrected chi connectivity index (χ0v) is 21.7. The Balaban J connectivity index is 1.61. The summed E-state index contributed by atoms with van der Waals surface area (Å²) in [6.45, 7) is 9.48. The van der Waals surface area contributed by atoms with Gasteiger partial charge in [-0.25, -0.2) is 16.8 Å². The van der Waals surface area contributed by atoms with Crippen LogP contribution in [-0.4, -0.2) is 68.6 Å². The minimum Gasteiger partial charge on any atom is -0.335 e. The lowest BCUT2D eigenvalue weighted by Crippen LogP contribution is -2.41. The van der Waals surface area contributed by atoms with Gasteiger partial charge in [0.15, 0.2) is 9.84 Å². The van der Waals surface area contributed by atoms with Crippen LogP contribution < -0.4 is 0 Å². The van der Waals surface area contributed by atoms with Gasteiger partial charge in [-0.3, -0.25) is 4.79 Å². The Morgan fingerprint density at radius 1 is 1.21 bits per heavy atom. The van der Waals surface area contributed by atoms with Gasteiger partial charge < -0.3 is 4.90 Å². The van der Waals surface area contributed by atoms with Crippen LogP contribution in [0, 0.1) is 10.8 Å². The highest BCUT2D eigenvalue weighted by molar-refractivity contribution is 7.91. The maximum Gasteiger partial charge on any atom is 0.254 e. The first-order valence-electron chi connectivity index (χ1n) is 11.9. The third-order valence-electron chi connectivity index (χ3n) is 7.43. The van der Waals surface area contributed by atoms with E-state index in [9.17, 15) is 21.6 Å². The number of hydrogen-bond donors (Lipinski definition) is 0. The molecule has 184 valence electrons. The fraction of sp³-hybridized carbons (Fsp3) is 0.708. The fourth-order valence-corrected chi connectivity index (χ4v) is 10.0. The number of amides is 1. The van der Waals surface area contributed by atoms with Crippen molar-refractivity contribution in [2.75, 3.05) is 24.6 Å². The molecule has 0 N–H and O–H groups in total. The Morgan fingerprint density at radius 2 is 1.94 bits per heavy atom. The smallest absolute Gasteiger partial charge is 0.254 e. The van der Waals surface area contributed by atoms with Crippen molar-refractivity contribution in [3.63, 3.8) is 0 Å². The first-order valence-corrected chi connectivity index (χ1v) is 15.1. The van der Waals surface area contributed by atoms with Crippen molar-refractivity contribution in [3.8, 4) is 0 Å². The third kappa shape index (κ3) is 4.86. The highest BCUT2D eigenvalue weighted by atomic mass is 32.2. The van der Waals surface area contributed by atoms with Crippen LogP contribution in [0.4, 0.5) is 0 Å². The van der Waals surface area contributed by atoms with Crippen LogP contribution >= 0.6 is 0 Å². The van der Waals surface area contributed by atoms with Crippen LogP contribution in [0.5, 0.6) is 0 Å². The number of nitrogens with zero attached hydrogens (tertiary/aromatic N) is 2. The van der Waals surface area contributed by atoms with E-state index in [2.05, 4.69) is 20.8 Å². The molecule has 2 heterocycles. The molecule has 2 saturated heterocycles. The molecule has 0 aromatic heterocycles. The summed E-state index contributed by atoms with van der Waals surface area (Å²) in [6, 6.07) is 5.89. The van der Waals surface area contributed by atoms with Gasteiger partial charge in [-0.15, -0.1) is 0 Å². The van der Waals surface area contributed by atoms with Gasteiger partial charge >= 0.3 is 0 Å². The maximum absolute atomic E-state index is 13.7. The molecule has 1 saturated carbocycles. The van der Waals surface area contributed by atoms with Crippen molar-refractivity contribution in [3.05, 3.63) is 29.8 Å². The molecular weight excluding hydrogens is 460 g/mol. The van der Waals surface area contributed by atoms with E-state index >= 15 is 0 Å². The second kappa shape index (κ2) is 8.34. The molecule has 9 heteroatoms. The van der Waals surface area contributed by atoms with E-state index in [0.717, 1.165) is 19.3 Å². The Kier molecular flexibility index (Phi) is 6.24. The average molecular weight is 497 g/mol. The molecule has 7 nitrogen and oxygen atoms in total. The van der Waals surface area contributed by atoms with Crippen LogP contribution in [0.15, 0.2) is 29.2 Å². The summed E-state index contributed by atoms with van der Waals surface area (Å²) in [6.07, 6.45) is 3.83. The molecule has 3 fully saturated rings. The lowest BCUT2D eigenvalue weighted by Gasteiger charge is -2.39. The largest absolute Gasteiger partial charge is 0.335 e. The monoisotopic (exact) mass is 496 g/mol. The van der Waals surface area contributed by atoms with Crippen molar-refractivity contribution in [2.45, 2.75) is 76.8 Å². The summed E-state index contributed by atoms with van der Waals surface area (Å²) < 4.78 is 52.9. The van der Waals surface area contributed by atoms with Gasteiger partial charge in [0.2, 0.25) is 10.0 Å². The number of hydrogen-bond acceptors (Lipinski definition) is 5. The van der Waals surface area contributed by atoms with Crippen molar-refractivity contribution < 1.29 is 21.6 Å². The normalized spacial score (nSPS) is 30.9. The van der Waals surface area contributed by atoms with E-state index < -0.39 is 19.9 Å². The lowest BCUT2D eigenvalue weighted by molar-refractivity contribution is 0.0696. The summed E-state index contributed by atoms with van der Waals surface area (Å²) in [5.74, 6) is -0.241. The van der Waals surface area contributed by atoms with E-state index in [-0.39, 0.29) is 45.2 Å². The molecule has 4 rings (SSSR count). The number of sulfonamides is 1. The first kappa shape index (κ1) is 24.7. The number of carbonyl (C=O) groups is 1. The van der Waals surface area contributed by atoms with E-state index in [1.165, 1.54) is 6.07 Å². The molecule has 0 radical (unpaired) electrons. The minimum atomic E-state index is -3.75. The van der Waals surface area contributed by atoms with Crippen LogP contribution in [0.25, 0.3) is 0 Å². The standard InChI is InChI=1S/C24H36N2O5S2/c1-5-10-25(19-9-11-32(28,29)15-19)22(27)18-7-6-8-21(12-18)33(30,31)26-17-24(4)14-20(26)13-23(2,3)16-24/h6-8,12,19-20H,5,9-11,13-17H2,1-4H3. The molecule has 3 atom stereocenters. The Bertz CT molecular complexity index is 1150. The van der Waals surface area contributed by atoms with Gasteiger partial charge in [-0.1, -0.05) is 33.8 Å². The third-order valence-corrected chi connectivity index (χ3v) is 11.1. The molecule has 1 aliphatic carbocycles. The van der Waals surface area contributed by atoms with Crippen LogP contribution in [0.3, 0.4) is 0 Å². The van der Waals surface area contributed by atoms with Crippen LogP contribution in [0.1, 0.15) is 70.2 Å². The molecule has 3 aliphatic rings. The first-order chi connectivity index (χ1) is 15.3. The predicted octanol–water partition coefficient (Wildman–Crippen LogP) is 3.32. The van der Waals surface area contributed by atoms with Gasteiger partial charge in [0, 0.05) is 30.7 Å². The second-order valence-electron chi connectivity index (χ2n) is 11.3. The highest BCUT2D eigenvalue weighted by Gasteiger charge is 2.53. The Labute approximate surface area is 198 Å². The summed E-state index contributed by atoms with van der Waals surface area (Å²) in [5.41, 5.74) is 0.364. The summed E-state index contributed by atoms with van der Waals surface area (Å²) in [7, 11) is -6.88. The van der Waals surface area contributed by atoms with Gasteiger partial charge in [0.05, 0.1) is 16.4 Å². The Hall–Kier alpha value is -1.45. The average Bonchev–Trinajstić information content (AvgIpc) is 3.20. The van der Waals surface area contributed by atoms with Crippen LogP contribution in [-0.2, 0) is 19.9 Å². The number of fused-ring (bicyclic) bond motifs is 2. The van der Waals surface area contributed by atoms with Crippen LogP contribution in [0.2, 0.25) is 0 Å². The van der Waals surface area contributed by atoms with E-state index in [0.29, 0.717) is 31.5 Å². The molecular formula is C24H36N2O5S2. The zero-order chi connectivity index (χ0) is 24.2. The number of carbonyl (C=O) groups excluding carboxylic acids is 1. The molecule has 1 aromatic carbocycles. The topological polar surface area (TPSA) is 91.8 Å². The molecule has 1 aromatic rings. The molecule has 33 heavy (non-hydrogen) atoms. The van der Waals surface area contributed by atoms with Gasteiger partial charge in [0.1, 0.15) is 0 Å². The zero-order valence-electron chi connectivity index (χ0n) is 20.1. The van der Waals surface area contributed by atoms with Gasteiger partial charge in [-0.2, -0.15) is 4.31 Å². The van der Waals surface area contributed by atoms with Gasteiger partial charge in [-0.05, 0) is 61.1 Å². The Morgan fingerprint density at radius 3 is 2.58 bits per heavy atom. The van der Waals surface area contributed by atoms with Gasteiger partial charge in [0.25, 0.3) is 5.91 Å². The molecule has 2 aliphatic heterocycles. The predicted molar refractivity (Wildman–Crippen MR) is 128 cm³/mol. The minimum absolute atomic E-state index is 0.0246. The van der Waals surface area contributed by atoms with E-state index in [4.69, 9.17) is 0 Å². The number of benzene rings is 1. The molecule has 0 spiro atoms. The summed E-state index contributed by atoms with van der Waals surface area (Å²) >= 11 is 0. The van der Waals surface area contributed by atoms with Crippen molar-refractivity contribution >= 4 is 25.8 Å². The van der Waals surface area contributed by atoms with Crippen molar-refractivity contribution in [1.29, 1.82) is 0 Å². The maximum atomic E-state index is 13.7. The summed E-state index contributed by atoms with van der Waals surface area (Å²) in [5, 5.41) is 0. The van der Waals surface area contributed by atoms with E-state index in [1.54, 1.807) is 27.4 Å². The fourth-order valence-electron chi connectivity index (χ4n) is 6.49. The highest BCUT2D eigenvalue weighted by Crippen LogP contribution is 2.53. The molecule has 1 amide bonds.